The number of fused-ring (bicyclic) bond motifs is 1. The van der Waals surface area contributed by atoms with Crippen molar-refractivity contribution >= 4 is 22.4 Å². The number of anilines is 1. The van der Waals surface area contributed by atoms with Crippen molar-refractivity contribution in [1.29, 1.82) is 0 Å². The molecule has 2 N–H and O–H groups in total. The van der Waals surface area contributed by atoms with Gasteiger partial charge in [-0.1, -0.05) is 41.6 Å². The van der Waals surface area contributed by atoms with Crippen molar-refractivity contribution in [3.63, 3.8) is 0 Å². The molecule has 0 spiro atoms. The predicted molar refractivity (Wildman–Crippen MR) is 84.4 cm³/mol. The van der Waals surface area contributed by atoms with E-state index in [-0.39, 0.29) is 10.8 Å². The number of nitrogens with zero attached hydrogens (tertiary/aromatic N) is 1. The summed E-state index contributed by atoms with van der Waals surface area (Å²) in [6.45, 7) is 0. The van der Waals surface area contributed by atoms with Gasteiger partial charge in [-0.2, -0.15) is 26.3 Å². The van der Waals surface area contributed by atoms with Crippen LogP contribution in [0.15, 0.2) is 53.2 Å². The first kappa shape index (κ1) is 19.7. The van der Waals surface area contributed by atoms with Crippen LogP contribution in [0.3, 0.4) is 0 Å². The standard InChI is InChI=1S/C17H10F6N2O3/c18-16(19,20)15(27,17(21,22)23)11-6-5-9-3-1-2-4-10(9)13(11)25-14(26)12-7-8-24-28-12/h1-8,27H,(H,25,26). The van der Waals surface area contributed by atoms with E-state index < -0.39 is 40.9 Å². The zero-order valence-electron chi connectivity index (χ0n) is 13.6. The fraction of sp³-hybridized carbons (Fsp3) is 0.176. The van der Waals surface area contributed by atoms with E-state index in [1.807, 2.05) is 5.32 Å². The van der Waals surface area contributed by atoms with Crippen molar-refractivity contribution in [3.05, 3.63) is 60.0 Å². The van der Waals surface area contributed by atoms with Gasteiger partial charge in [-0.3, -0.25) is 4.79 Å². The van der Waals surface area contributed by atoms with Gasteiger partial charge in [0.05, 0.1) is 11.9 Å². The Morgan fingerprint density at radius 1 is 0.964 bits per heavy atom. The minimum atomic E-state index is -6.11. The van der Waals surface area contributed by atoms with E-state index in [1.54, 1.807) is 0 Å². The minimum absolute atomic E-state index is 0.139. The first-order valence-electron chi connectivity index (χ1n) is 7.57. The second-order valence-corrected chi connectivity index (χ2v) is 5.75. The smallest absolute Gasteiger partial charge is 0.369 e. The monoisotopic (exact) mass is 404 g/mol. The van der Waals surface area contributed by atoms with Crippen molar-refractivity contribution in [3.8, 4) is 0 Å². The number of carbonyl (C=O) groups excluding carboxylic acids is 1. The molecule has 0 saturated heterocycles. The highest BCUT2D eigenvalue weighted by Crippen LogP contribution is 2.52. The van der Waals surface area contributed by atoms with Gasteiger partial charge in [0, 0.05) is 17.0 Å². The van der Waals surface area contributed by atoms with Crippen LogP contribution in [0.25, 0.3) is 10.8 Å². The van der Waals surface area contributed by atoms with Crippen LogP contribution in [0, 0.1) is 0 Å². The van der Waals surface area contributed by atoms with E-state index in [0.717, 1.165) is 18.3 Å². The summed E-state index contributed by atoms with van der Waals surface area (Å²) in [4.78, 5) is 12.2. The first-order valence-corrected chi connectivity index (χ1v) is 7.57. The van der Waals surface area contributed by atoms with Crippen molar-refractivity contribution in [2.45, 2.75) is 18.0 Å². The number of nitrogens with one attached hydrogen (secondary N) is 1. The number of hydrogen-bond acceptors (Lipinski definition) is 4. The molecule has 1 aromatic heterocycles. The molecule has 28 heavy (non-hydrogen) atoms. The Kier molecular flexibility index (Phi) is 4.58. The van der Waals surface area contributed by atoms with Crippen LogP contribution in [0.1, 0.15) is 16.1 Å². The fourth-order valence-corrected chi connectivity index (χ4v) is 2.68. The third kappa shape index (κ3) is 3.07. The summed E-state index contributed by atoms with van der Waals surface area (Å²) in [5, 5.41) is 15.1. The Labute approximate surface area is 152 Å². The van der Waals surface area contributed by atoms with E-state index in [0.29, 0.717) is 6.07 Å². The molecule has 0 aliphatic rings. The highest BCUT2D eigenvalue weighted by atomic mass is 19.4. The lowest BCUT2D eigenvalue weighted by molar-refractivity contribution is -0.375. The van der Waals surface area contributed by atoms with Gasteiger partial charge in [0.2, 0.25) is 5.76 Å². The molecule has 0 radical (unpaired) electrons. The molecule has 11 heteroatoms. The molecule has 0 fully saturated rings. The molecule has 0 bridgehead atoms. The Bertz CT molecular complexity index is 998. The number of halogens is 6. The number of aromatic nitrogens is 1. The summed E-state index contributed by atoms with van der Waals surface area (Å²) >= 11 is 0. The predicted octanol–water partition coefficient (Wildman–Crippen LogP) is 4.39. The molecule has 3 aromatic rings. The highest BCUT2D eigenvalue weighted by Gasteiger charge is 2.72. The molecule has 5 nitrogen and oxygen atoms in total. The topological polar surface area (TPSA) is 75.4 Å². The maximum atomic E-state index is 13.4. The second kappa shape index (κ2) is 6.51. The molecule has 1 heterocycles. The minimum Gasteiger partial charge on any atom is -0.369 e. The molecule has 3 rings (SSSR count). The molecule has 148 valence electrons. The van der Waals surface area contributed by atoms with E-state index in [2.05, 4.69) is 9.68 Å². The molecule has 0 atom stereocenters. The fourth-order valence-electron chi connectivity index (χ4n) is 2.68. The quantitative estimate of drug-likeness (QED) is 0.635. The number of amides is 1. The average molecular weight is 404 g/mol. The molecule has 1 amide bonds. The third-order valence-electron chi connectivity index (χ3n) is 4.04. The zero-order valence-corrected chi connectivity index (χ0v) is 13.6. The van der Waals surface area contributed by atoms with Gasteiger partial charge in [0.25, 0.3) is 11.5 Å². The van der Waals surface area contributed by atoms with Crippen LogP contribution in [-0.4, -0.2) is 28.5 Å². The normalized spacial score (nSPS) is 13.0. The maximum Gasteiger partial charge on any atom is 0.430 e. The molecular formula is C17H10F6N2O3. The van der Waals surface area contributed by atoms with Crippen molar-refractivity contribution in [2.24, 2.45) is 0 Å². The van der Waals surface area contributed by atoms with Crippen LogP contribution >= 0.6 is 0 Å². The number of rotatable bonds is 3. The third-order valence-corrected chi connectivity index (χ3v) is 4.04. The van der Waals surface area contributed by atoms with Crippen LogP contribution in [0.5, 0.6) is 0 Å². The molecule has 0 saturated carbocycles. The zero-order chi connectivity index (χ0) is 20.7. The number of alkyl halides is 6. The maximum absolute atomic E-state index is 13.4. The van der Waals surface area contributed by atoms with Gasteiger partial charge in [-0.05, 0) is 5.39 Å². The molecule has 0 aliphatic heterocycles. The Morgan fingerprint density at radius 2 is 1.61 bits per heavy atom. The van der Waals surface area contributed by atoms with Gasteiger partial charge in [0.1, 0.15) is 0 Å². The summed E-state index contributed by atoms with van der Waals surface area (Å²) in [6, 6.07) is 8.02. The summed E-state index contributed by atoms with van der Waals surface area (Å²) in [6.07, 6.45) is -11.2. The van der Waals surface area contributed by atoms with E-state index >= 15 is 0 Å². The van der Waals surface area contributed by atoms with E-state index in [9.17, 15) is 36.2 Å². The van der Waals surface area contributed by atoms with Crippen molar-refractivity contribution in [2.75, 3.05) is 5.32 Å². The Morgan fingerprint density at radius 3 is 2.18 bits per heavy atom. The molecular weight excluding hydrogens is 394 g/mol. The van der Waals surface area contributed by atoms with Crippen molar-refractivity contribution < 1.29 is 40.8 Å². The molecule has 0 aliphatic carbocycles. The van der Waals surface area contributed by atoms with E-state index in [4.69, 9.17) is 0 Å². The lowest BCUT2D eigenvalue weighted by Crippen LogP contribution is -2.54. The van der Waals surface area contributed by atoms with Gasteiger partial charge >= 0.3 is 12.4 Å². The van der Waals surface area contributed by atoms with Crippen LogP contribution in [0.4, 0.5) is 32.0 Å². The largest absolute Gasteiger partial charge is 0.430 e. The van der Waals surface area contributed by atoms with Gasteiger partial charge in [-0.15, -0.1) is 0 Å². The van der Waals surface area contributed by atoms with Gasteiger partial charge in [0.15, 0.2) is 0 Å². The summed E-state index contributed by atoms with van der Waals surface area (Å²) < 4.78 is 84.8. The lowest BCUT2D eigenvalue weighted by atomic mass is 9.88. The highest BCUT2D eigenvalue weighted by molar-refractivity contribution is 6.09. The SMILES string of the molecule is O=C(Nc1c(C(O)(C(F)(F)F)C(F)(F)F)ccc2ccccc12)c1ccno1. The average Bonchev–Trinajstić information content (AvgIpc) is 3.14. The second-order valence-electron chi connectivity index (χ2n) is 5.75. The summed E-state index contributed by atoms with van der Waals surface area (Å²) in [5.41, 5.74) is -7.63. The number of hydrogen-bond donors (Lipinski definition) is 2. The Hall–Kier alpha value is -3.08. The number of carbonyl (C=O) groups is 1. The van der Waals surface area contributed by atoms with Crippen LogP contribution in [0.2, 0.25) is 0 Å². The summed E-state index contributed by atoms with van der Waals surface area (Å²) in [5.74, 6) is -1.58. The Balaban J connectivity index is 2.29. The lowest BCUT2D eigenvalue weighted by Gasteiger charge is -2.34. The van der Waals surface area contributed by atoms with E-state index in [1.165, 1.54) is 24.3 Å². The summed E-state index contributed by atoms with van der Waals surface area (Å²) in [7, 11) is 0. The number of benzene rings is 2. The van der Waals surface area contributed by atoms with Gasteiger partial charge < -0.3 is 14.9 Å². The number of aliphatic hydroxyl groups is 1. The molecule has 0 unspecified atom stereocenters. The van der Waals surface area contributed by atoms with Gasteiger partial charge in [-0.25, -0.2) is 0 Å². The van der Waals surface area contributed by atoms with Crippen LogP contribution in [-0.2, 0) is 5.60 Å². The first-order chi connectivity index (χ1) is 13.0. The van der Waals surface area contributed by atoms with Crippen molar-refractivity contribution in [1.82, 2.24) is 5.16 Å². The molecule has 2 aromatic carbocycles. The van der Waals surface area contributed by atoms with Crippen LogP contribution < -0.4 is 5.32 Å².